The van der Waals surface area contributed by atoms with Crippen molar-refractivity contribution in [1.82, 2.24) is 0 Å². The molecule has 0 aliphatic carbocycles. The SMILES string of the molecule is CC/C(Cl)=C(/CC)C(C)(C)C. The van der Waals surface area contributed by atoms with Crippen LogP contribution in [0.1, 0.15) is 47.5 Å². The molecule has 0 saturated heterocycles. The summed E-state index contributed by atoms with van der Waals surface area (Å²) in [5.74, 6) is 0. The highest BCUT2D eigenvalue weighted by molar-refractivity contribution is 6.29. The predicted octanol–water partition coefficient (Wildman–Crippen LogP) is 4.35. The molecule has 0 aliphatic rings. The zero-order valence-corrected chi connectivity index (χ0v) is 9.05. The Morgan fingerprint density at radius 3 is 1.64 bits per heavy atom. The first-order valence-corrected chi connectivity index (χ1v) is 4.69. The van der Waals surface area contributed by atoms with Crippen molar-refractivity contribution in [2.24, 2.45) is 5.41 Å². The maximum Gasteiger partial charge on any atom is 0.0175 e. The van der Waals surface area contributed by atoms with Crippen LogP contribution in [0.4, 0.5) is 0 Å². The number of hydrogen-bond donors (Lipinski definition) is 0. The molecule has 0 amide bonds. The maximum absolute atomic E-state index is 6.10. The molecule has 66 valence electrons. The molecule has 0 nitrogen and oxygen atoms in total. The summed E-state index contributed by atoms with van der Waals surface area (Å²) in [7, 11) is 0. The topological polar surface area (TPSA) is 0 Å². The molecular formula is C10H19Cl. The second-order valence-corrected chi connectivity index (χ2v) is 4.30. The van der Waals surface area contributed by atoms with E-state index in [2.05, 4.69) is 34.6 Å². The minimum atomic E-state index is 0.238. The van der Waals surface area contributed by atoms with Gasteiger partial charge in [0.1, 0.15) is 0 Å². The van der Waals surface area contributed by atoms with Gasteiger partial charge in [-0.1, -0.05) is 51.8 Å². The van der Waals surface area contributed by atoms with Gasteiger partial charge in [0.05, 0.1) is 0 Å². The Kier molecular flexibility index (Phi) is 4.17. The van der Waals surface area contributed by atoms with Crippen LogP contribution in [0.2, 0.25) is 0 Å². The lowest BCUT2D eigenvalue weighted by Crippen LogP contribution is -2.10. The minimum absolute atomic E-state index is 0.238. The van der Waals surface area contributed by atoms with Crippen molar-refractivity contribution in [3.8, 4) is 0 Å². The van der Waals surface area contributed by atoms with Crippen LogP contribution in [-0.4, -0.2) is 0 Å². The van der Waals surface area contributed by atoms with Crippen LogP contribution in [0, 0.1) is 5.41 Å². The van der Waals surface area contributed by atoms with Crippen molar-refractivity contribution in [1.29, 1.82) is 0 Å². The van der Waals surface area contributed by atoms with Crippen molar-refractivity contribution in [2.45, 2.75) is 47.5 Å². The van der Waals surface area contributed by atoms with Gasteiger partial charge in [0.15, 0.2) is 0 Å². The van der Waals surface area contributed by atoms with Gasteiger partial charge in [-0.3, -0.25) is 0 Å². The van der Waals surface area contributed by atoms with Gasteiger partial charge in [-0.25, -0.2) is 0 Å². The highest BCUT2D eigenvalue weighted by atomic mass is 35.5. The Hall–Kier alpha value is 0.0300. The first-order valence-electron chi connectivity index (χ1n) is 4.31. The van der Waals surface area contributed by atoms with Crippen LogP contribution >= 0.6 is 11.6 Å². The lowest BCUT2D eigenvalue weighted by atomic mass is 9.84. The molecule has 1 heteroatoms. The summed E-state index contributed by atoms with van der Waals surface area (Å²) >= 11 is 6.10. The van der Waals surface area contributed by atoms with E-state index in [0.29, 0.717) is 0 Å². The normalized spacial score (nSPS) is 14.7. The van der Waals surface area contributed by atoms with E-state index in [9.17, 15) is 0 Å². The molecular weight excluding hydrogens is 156 g/mol. The fourth-order valence-corrected chi connectivity index (χ4v) is 1.76. The second-order valence-electron chi connectivity index (χ2n) is 3.84. The molecule has 11 heavy (non-hydrogen) atoms. The highest BCUT2D eigenvalue weighted by Crippen LogP contribution is 2.32. The molecule has 0 fully saturated rings. The molecule has 0 saturated carbocycles. The summed E-state index contributed by atoms with van der Waals surface area (Å²) in [5.41, 5.74) is 1.63. The molecule has 0 unspecified atom stereocenters. The fraction of sp³-hybridized carbons (Fsp3) is 0.800. The van der Waals surface area contributed by atoms with Crippen molar-refractivity contribution in [3.63, 3.8) is 0 Å². The van der Waals surface area contributed by atoms with Crippen LogP contribution < -0.4 is 0 Å². The summed E-state index contributed by atoms with van der Waals surface area (Å²) in [6.45, 7) is 10.9. The molecule has 0 spiro atoms. The van der Waals surface area contributed by atoms with Crippen molar-refractivity contribution >= 4 is 11.6 Å². The average molecular weight is 175 g/mol. The Morgan fingerprint density at radius 2 is 1.55 bits per heavy atom. The first-order chi connectivity index (χ1) is 4.93. The zero-order valence-electron chi connectivity index (χ0n) is 8.29. The average Bonchev–Trinajstić information content (AvgIpc) is 1.86. The van der Waals surface area contributed by atoms with E-state index in [-0.39, 0.29) is 5.41 Å². The van der Waals surface area contributed by atoms with Gasteiger partial charge in [-0.05, 0) is 18.3 Å². The van der Waals surface area contributed by atoms with E-state index in [1.165, 1.54) is 5.57 Å². The van der Waals surface area contributed by atoms with Crippen molar-refractivity contribution < 1.29 is 0 Å². The van der Waals surface area contributed by atoms with Gasteiger partial charge >= 0.3 is 0 Å². The number of allylic oxidation sites excluding steroid dienone is 2. The second kappa shape index (κ2) is 4.15. The lowest BCUT2D eigenvalue weighted by molar-refractivity contribution is 0.484. The Labute approximate surface area is 75.6 Å². The smallest absolute Gasteiger partial charge is 0.0175 e. The number of hydrogen-bond acceptors (Lipinski definition) is 0. The zero-order chi connectivity index (χ0) is 9.07. The summed E-state index contributed by atoms with van der Waals surface area (Å²) < 4.78 is 0. The molecule has 0 heterocycles. The van der Waals surface area contributed by atoms with E-state index in [4.69, 9.17) is 11.6 Å². The Bertz CT molecular complexity index is 149. The minimum Gasteiger partial charge on any atom is -0.0892 e. The Morgan fingerprint density at radius 1 is 1.09 bits per heavy atom. The van der Waals surface area contributed by atoms with Crippen LogP contribution in [0.3, 0.4) is 0 Å². The van der Waals surface area contributed by atoms with Gasteiger partial charge in [-0.2, -0.15) is 0 Å². The van der Waals surface area contributed by atoms with Crippen molar-refractivity contribution in [2.75, 3.05) is 0 Å². The van der Waals surface area contributed by atoms with Crippen LogP contribution in [-0.2, 0) is 0 Å². The van der Waals surface area contributed by atoms with Gasteiger partial charge < -0.3 is 0 Å². The monoisotopic (exact) mass is 174 g/mol. The predicted molar refractivity (Wildman–Crippen MR) is 52.9 cm³/mol. The molecule has 0 aromatic carbocycles. The van der Waals surface area contributed by atoms with E-state index in [0.717, 1.165) is 17.9 Å². The molecule has 0 bridgehead atoms. The fourth-order valence-electron chi connectivity index (χ4n) is 1.34. The maximum atomic E-state index is 6.10. The third kappa shape index (κ3) is 3.29. The lowest BCUT2D eigenvalue weighted by Gasteiger charge is -2.23. The molecule has 0 atom stereocenters. The molecule has 0 aliphatic heterocycles. The number of halogens is 1. The quantitative estimate of drug-likeness (QED) is 0.584. The molecule has 0 radical (unpaired) electrons. The summed E-state index contributed by atoms with van der Waals surface area (Å²) in [4.78, 5) is 0. The van der Waals surface area contributed by atoms with E-state index >= 15 is 0 Å². The van der Waals surface area contributed by atoms with E-state index in [1.807, 2.05) is 0 Å². The highest BCUT2D eigenvalue weighted by Gasteiger charge is 2.17. The summed E-state index contributed by atoms with van der Waals surface area (Å²) in [6, 6.07) is 0. The first kappa shape index (κ1) is 11.0. The van der Waals surface area contributed by atoms with Gasteiger partial charge in [0, 0.05) is 5.03 Å². The molecule has 0 N–H and O–H groups in total. The van der Waals surface area contributed by atoms with Crippen molar-refractivity contribution in [3.05, 3.63) is 10.6 Å². The number of rotatable bonds is 2. The van der Waals surface area contributed by atoms with Gasteiger partial charge in [0.25, 0.3) is 0 Å². The van der Waals surface area contributed by atoms with E-state index < -0.39 is 0 Å². The van der Waals surface area contributed by atoms with Gasteiger partial charge in [0.2, 0.25) is 0 Å². The van der Waals surface area contributed by atoms with Crippen LogP contribution in [0.15, 0.2) is 10.6 Å². The Balaban J connectivity index is 4.66. The molecule has 0 aromatic heterocycles. The molecule has 0 aromatic rings. The third-order valence-corrected chi connectivity index (χ3v) is 2.39. The van der Waals surface area contributed by atoms with E-state index in [1.54, 1.807) is 0 Å². The summed E-state index contributed by atoms with van der Waals surface area (Å²) in [5, 5.41) is 1.04. The molecule has 0 rings (SSSR count). The summed E-state index contributed by atoms with van der Waals surface area (Å²) in [6.07, 6.45) is 2.03. The van der Waals surface area contributed by atoms with Gasteiger partial charge in [-0.15, -0.1) is 0 Å². The third-order valence-electron chi connectivity index (χ3n) is 1.90. The van der Waals surface area contributed by atoms with Crippen LogP contribution in [0.25, 0.3) is 0 Å². The largest absolute Gasteiger partial charge is 0.0892 e. The van der Waals surface area contributed by atoms with Crippen LogP contribution in [0.5, 0.6) is 0 Å². The standard InChI is InChI=1S/C10H19Cl/c1-6-8(9(11)7-2)10(3,4)5/h6-7H2,1-5H3/b9-8+.